The van der Waals surface area contributed by atoms with Gasteiger partial charge in [0.05, 0.1) is 52.6 Å². The number of imide groups is 1. The fourth-order valence-electron chi connectivity index (χ4n) is 8.26. The van der Waals surface area contributed by atoms with Crippen LogP contribution in [0.1, 0.15) is 81.5 Å². The standard InChI is InChI=1S/C41H45N13O3/c1-27(21-42)47-33-20-36(54-38-30(24-46-54)19-28(22-43)23-45-38)44-25-35(33)53-26-34(49-50-53)29-7-11-41(57,12-8-29)13-14-51-15-17-52(18-16-51)32-5-3-31(4-6-32)40(2)10-9-37(55)48-39(40)56/h3-6,19-20,23-27,29,57H,7-18H2,1-2H3,(H,44,47)(H,48,55,56)/t27-,29?,40-,41?/m1/s1. The SMILES string of the molecule is C[C@H](C#N)Nc1cc(-n2ncc3cc(C#N)cnc32)ncc1-n1cc(C2CCC(O)(CCN3CCN(c4ccc([C@@]5(C)CCC(=O)NC5=O)cc4)CC3)CC2)nn1. The fourth-order valence-corrected chi connectivity index (χ4v) is 8.26. The van der Waals surface area contributed by atoms with Gasteiger partial charge in [0.25, 0.3) is 0 Å². The molecule has 2 atom stereocenters. The zero-order chi connectivity index (χ0) is 39.7. The van der Waals surface area contributed by atoms with Gasteiger partial charge in [0, 0.05) is 68.4 Å². The van der Waals surface area contributed by atoms with E-state index in [1.165, 1.54) is 6.20 Å². The molecule has 0 bridgehead atoms. The van der Waals surface area contributed by atoms with Gasteiger partial charge in [-0.15, -0.1) is 5.10 Å². The van der Waals surface area contributed by atoms with Crippen LogP contribution in [-0.2, 0) is 15.0 Å². The van der Waals surface area contributed by atoms with Crippen LogP contribution in [0.5, 0.6) is 0 Å². The van der Waals surface area contributed by atoms with Crippen molar-refractivity contribution in [1.82, 2.24) is 45.0 Å². The smallest absolute Gasteiger partial charge is 0.236 e. The van der Waals surface area contributed by atoms with Crippen LogP contribution < -0.4 is 15.5 Å². The molecule has 57 heavy (non-hydrogen) atoms. The van der Waals surface area contributed by atoms with Crippen LogP contribution in [0.3, 0.4) is 0 Å². The monoisotopic (exact) mass is 767 g/mol. The number of nitriles is 2. The number of carbonyl (C=O) groups excluding carboxylic acids is 2. The second-order valence-corrected chi connectivity index (χ2v) is 15.8. The Hall–Kier alpha value is -6.23. The van der Waals surface area contributed by atoms with E-state index in [0.717, 1.165) is 68.9 Å². The minimum absolute atomic E-state index is 0.160. The Labute approximate surface area is 330 Å². The van der Waals surface area contributed by atoms with Crippen molar-refractivity contribution >= 4 is 34.2 Å². The van der Waals surface area contributed by atoms with Crippen LogP contribution >= 0.6 is 0 Å². The molecule has 4 aromatic heterocycles. The highest BCUT2D eigenvalue weighted by molar-refractivity contribution is 6.03. The molecule has 16 nitrogen and oxygen atoms in total. The van der Waals surface area contributed by atoms with E-state index in [0.29, 0.717) is 59.5 Å². The number of pyridine rings is 2. The molecule has 0 radical (unpaired) electrons. The number of hydrogen-bond acceptors (Lipinski definition) is 13. The molecule has 3 N–H and O–H groups in total. The predicted molar refractivity (Wildman–Crippen MR) is 211 cm³/mol. The Morgan fingerprint density at radius 2 is 1.79 bits per heavy atom. The van der Waals surface area contributed by atoms with Gasteiger partial charge in [0.2, 0.25) is 11.8 Å². The first-order valence-corrected chi connectivity index (χ1v) is 19.5. The van der Waals surface area contributed by atoms with Crippen molar-refractivity contribution in [3.8, 4) is 23.6 Å². The lowest BCUT2D eigenvalue weighted by Crippen LogP contribution is -2.50. The second kappa shape index (κ2) is 15.4. The molecule has 1 aromatic carbocycles. The first-order valence-electron chi connectivity index (χ1n) is 19.5. The van der Waals surface area contributed by atoms with E-state index in [9.17, 15) is 25.2 Å². The molecule has 2 saturated heterocycles. The van der Waals surface area contributed by atoms with Crippen molar-refractivity contribution < 1.29 is 14.7 Å². The first kappa shape index (κ1) is 37.7. The number of carbonyl (C=O) groups is 2. The molecule has 3 fully saturated rings. The van der Waals surface area contributed by atoms with Crippen LogP contribution in [0.25, 0.3) is 22.5 Å². The lowest BCUT2D eigenvalue weighted by atomic mass is 9.75. The van der Waals surface area contributed by atoms with E-state index in [4.69, 9.17) is 0 Å². The van der Waals surface area contributed by atoms with Crippen molar-refractivity contribution in [2.24, 2.45) is 0 Å². The minimum atomic E-state index is -0.725. The fraction of sp³-hybridized carbons (Fsp3) is 0.439. The van der Waals surface area contributed by atoms with E-state index < -0.39 is 17.1 Å². The molecule has 8 rings (SSSR count). The van der Waals surface area contributed by atoms with E-state index in [1.54, 1.807) is 40.8 Å². The van der Waals surface area contributed by atoms with Crippen molar-refractivity contribution in [3.05, 3.63) is 78.0 Å². The average molecular weight is 768 g/mol. The van der Waals surface area contributed by atoms with Gasteiger partial charge < -0.3 is 15.3 Å². The second-order valence-electron chi connectivity index (χ2n) is 15.8. The number of fused-ring (bicyclic) bond motifs is 1. The lowest BCUT2D eigenvalue weighted by molar-refractivity contribution is -0.137. The highest BCUT2D eigenvalue weighted by Gasteiger charge is 2.40. The molecule has 292 valence electrons. The number of amides is 2. The molecule has 5 aromatic rings. The summed E-state index contributed by atoms with van der Waals surface area (Å²) in [6, 6.07) is 15.5. The maximum Gasteiger partial charge on any atom is 0.236 e. The highest BCUT2D eigenvalue weighted by atomic mass is 16.3. The maximum atomic E-state index is 12.6. The van der Waals surface area contributed by atoms with Crippen LogP contribution in [0.4, 0.5) is 11.4 Å². The van der Waals surface area contributed by atoms with Crippen molar-refractivity contribution in [2.45, 2.75) is 81.8 Å². The average Bonchev–Trinajstić information content (AvgIpc) is 3.90. The first-order chi connectivity index (χ1) is 27.5. The third-order valence-electron chi connectivity index (χ3n) is 12.0. The Morgan fingerprint density at radius 3 is 2.51 bits per heavy atom. The summed E-state index contributed by atoms with van der Waals surface area (Å²) in [5, 5.41) is 50.3. The van der Waals surface area contributed by atoms with Gasteiger partial charge in [-0.05, 0) is 76.1 Å². The van der Waals surface area contributed by atoms with Crippen molar-refractivity contribution in [3.63, 3.8) is 0 Å². The molecule has 0 unspecified atom stereocenters. The third-order valence-corrected chi connectivity index (χ3v) is 12.0. The molecular weight excluding hydrogens is 723 g/mol. The maximum absolute atomic E-state index is 12.6. The predicted octanol–water partition coefficient (Wildman–Crippen LogP) is 3.89. The molecule has 3 aliphatic rings. The largest absolute Gasteiger partial charge is 0.390 e. The number of nitrogens with one attached hydrogen (secondary N) is 2. The van der Waals surface area contributed by atoms with Gasteiger partial charge in [-0.3, -0.25) is 19.8 Å². The summed E-state index contributed by atoms with van der Waals surface area (Å²) in [6.45, 7) is 8.08. The Balaban J connectivity index is 0.854. The summed E-state index contributed by atoms with van der Waals surface area (Å²) < 4.78 is 3.26. The van der Waals surface area contributed by atoms with Crippen LogP contribution in [-0.4, -0.2) is 101 Å². The van der Waals surface area contributed by atoms with E-state index >= 15 is 0 Å². The number of hydrogen-bond donors (Lipinski definition) is 3. The number of nitrogens with zero attached hydrogens (tertiary/aromatic N) is 11. The van der Waals surface area contributed by atoms with E-state index in [1.807, 2.05) is 25.3 Å². The van der Waals surface area contributed by atoms with Gasteiger partial charge in [0.1, 0.15) is 17.8 Å². The number of piperazine rings is 1. The van der Waals surface area contributed by atoms with Gasteiger partial charge in [-0.25, -0.2) is 14.6 Å². The van der Waals surface area contributed by atoms with Crippen LogP contribution in [0.15, 0.2) is 61.2 Å². The Kier molecular flexibility index (Phi) is 10.2. The summed E-state index contributed by atoms with van der Waals surface area (Å²) in [7, 11) is 0. The summed E-state index contributed by atoms with van der Waals surface area (Å²) in [6.07, 6.45) is 11.3. The number of anilines is 2. The molecule has 1 saturated carbocycles. The van der Waals surface area contributed by atoms with Gasteiger partial charge in [0.15, 0.2) is 11.5 Å². The summed E-state index contributed by atoms with van der Waals surface area (Å²) >= 11 is 0. The van der Waals surface area contributed by atoms with Crippen LogP contribution in [0.2, 0.25) is 0 Å². The topological polar surface area (TPSA) is 207 Å². The number of rotatable bonds is 10. The van der Waals surface area contributed by atoms with E-state index in [-0.39, 0.29) is 17.7 Å². The zero-order valence-electron chi connectivity index (χ0n) is 32.1. The normalized spacial score (nSPS) is 23.5. The van der Waals surface area contributed by atoms with Gasteiger partial charge in [-0.2, -0.15) is 20.3 Å². The Morgan fingerprint density at radius 1 is 1.02 bits per heavy atom. The number of aromatic nitrogens is 7. The summed E-state index contributed by atoms with van der Waals surface area (Å²) in [4.78, 5) is 38.1. The van der Waals surface area contributed by atoms with Crippen molar-refractivity contribution in [2.75, 3.05) is 42.9 Å². The van der Waals surface area contributed by atoms with Crippen LogP contribution in [0, 0.1) is 22.7 Å². The molecular formula is C41H45N13O3. The molecule has 2 aliphatic heterocycles. The zero-order valence-corrected chi connectivity index (χ0v) is 32.1. The molecule has 0 spiro atoms. The Bertz CT molecular complexity index is 2380. The number of piperidine rings is 1. The van der Waals surface area contributed by atoms with Gasteiger partial charge in [-0.1, -0.05) is 17.3 Å². The minimum Gasteiger partial charge on any atom is -0.390 e. The van der Waals surface area contributed by atoms with Crippen molar-refractivity contribution in [1.29, 1.82) is 10.5 Å². The summed E-state index contributed by atoms with van der Waals surface area (Å²) in [5.41, 5.74) is 3.73. The molecule has 2 amide bonds. The summed E-state index contributed by atoms with van der Waals surface area (Å²) in [5.74, 6) is 0.209. The highest BCUT2D eigenvalue weighted by Crippen LogP contribution is 2.40. The quantitative estimate of drug-likeness (QED) is 0.173. The number of benzene rings is 1. The number of aliphatic hydroxyl groups is 1. The molecule has 16 heteroatoms. The molecule has 6 heterocycles. The lowest BCUT2D eigenvalue weighted by Gasteiger charge is -2.40. The molecule has 1 aliphatic carbocycles. The third kappa shape index (κ3) is 7.66. The van der Waals surface area contributed by atoms with E-state index in [2.05, 4.69) is 70.1 Å². The van der Waals surface area contributed by atoms with Gasteiger partial charge >= 0.3 is 0 Å².